The maximum absolute atomic E-state index is 11.3. The van der Waals surface area contributed by atoms with Crippen LogP contribution in [0.5, 0.6) is 0 Å². The van der Waals surface area contributed by atoms with Gasteiger partial charge in [-0.2, -0.15) is 0 Å². The highest BCUT2D eigenvalue weighted by Crippen LogP contribution is 2.29. The van der Waals surface area contributed by atoms with Crippen LogP contribution in [0.1, 0.15) is 17.7 Å². The summed E-state index contributed by atoms with van der Waals surface area (Å²) in [5, 5.41) is 2.88. The summed E-state index contributed by atoms with van der Waals surface area (Å²) in [5.41, 5.74) is 10.8. The van der Waals surface area contributed by atoms with Gasteiger partial charge in [0, 0.05) is 31.3 Å². The molecule has 1 amide bonds. The zero-order valence-corrected chi connectivity index (χ0v) is 10.8. The highest BCUT2D eigenvalue weighted by atomic mass is 16.1. The van der Waals surface area contributed by atoms with Gasteiger partial charge < -0.3 is 15.6 Å². The topological polar surface area (TPSA) is 72.9 Å². The first kappa shape index (κ1) is 11.9. The summed E-state index contributed by atoms with van der Waals surface area (Å²) in [5.74, 6) is 0.0840. The Morgan fingerprint density at radius 3 is 3.05 bits per heavy atom. The summed E-state index contributed by atoms with van der Waals surface area (Å²) in [4.78, 5) is 15.8. The highest BCUT2D eigenvalue weighted by Gasteiger charge is 2.17. The van der Waals surface area contributed by atoms with Gasteiger partial charge in [-0.3, -0.25) is 4.79 Å². The Morgan fingerprint density at radius 1 is 1.42 bits per heavy atom. The largest absolute Gasteiger partial charge is 0.336 e. The van der Waals surface area contributed by atoms with Gasteiger partial charge in [0.1, 0.15) is 0 Å². The number of fused-ring (bicyclic) bond motifs is 1. The van der Waals surface area contributed by atoms with E-state index in [9.17, 15) is 4.79 Å². The van der Waals surface area contributed by atoms with Gasteiger partial charge in [0.05, 0.1) is 17.7 Å². The maximum atomic E-state index is 11.3. The van der Waals surface area contributed by atoms with Gasteiger partial charge in [0.25, 0.3) is 0 Å². The van der Waals surface area contributed by atoms with Crippen LogP contribution in [0.3, 0.4) is 0 Å². The first-order chi connectivity index (χ1) is 9.19. The molecule has 0 aliphatic carbocycles. The highest BCUT2D eigenvalue weighted by molar-refractivity contribution is 5.94. The van der Waals surface area contributed by atoms with E-state index in [0.717, 1.165) is 34.6 Å². The molecule has 3 rings (SSSR count). The monoisotopic (exact) mass is 256 g/mol. The molecule has 0 saturated carbocycles. The summed E-state index contributed by atoms with van der Waals surface area (Å²) in [6, 6.07) is 6.01. The fraction of sp³-hybridized carbons (Fsp3) is 0.286. The van der Waals surface area contributed by atoms with Crippen molar-refractivity contribution >= 4 is 11.6 Å². The fourth-order valence-electron chi connectivity index (χ4n) is 2.47. The number of imidazole rings is 1. The van der Waals surface area contributed by atoms with E-state index in [4.69, 9.17) is 5.73 Å². The Morgan fingerprint density at radius 2 is 2.26 bits per heavy atom. The van der Waals surface area contributed by atoms with Crippen LogP contribution in [0, 0.1) is 0 Å². The van der Waals surface area contributed by atoms with Crippen LogP contribution in [-0.2, 0) is 24.8 Å². The number of benzene rings is 1. The van der Waals surface area contributed by atoms with Gasteiger partial charge in [-0.25, -0.2) is 4.98 Å². The van der Waals surface area contributed by atoms with Crippen molar-refractivity contribution in [3.8, 4) is 11.3 Å². The van der Waals surface area contributed by atoms with E-state index in [-0.39, 0.29) is 5.91 Å². The van der Waals surface area contributed by atoms with Crippen molar-refractivity contribution in [2.45, 2.75) is 19.4 Å². The predicted octanol–water partition coefficient (Wildman–Crippen LogP) is 1.43. The Kier molecular flexibility index (Phi) is 2.83. The van der Waals surface area contributed by atoms with Crippen LogP contribution in [-0.4, -0.2) is 15.5 Å². The van der Waals surface area contributed by atoms with Crippen molar-refractivity contribution in [1.29, 1.82) is 0 Å². The number of rotatable bonds is 2. The zero-order valence-electron chi connectivity index (χ0n) is 10.8. The molecule has 98 valence electrons. The number of nitrogens with two attached hydrogens (primary N) is 1. The molecule has 0 atom stereocenters. The summed E-state index contributed by atoms with van der Waals surface area (Å²) in [6.07, 6.45) is 3.10. The molecule has 19 heavy (non-hydrogen) atoms. The van der Waals surface area contributed by atoms with Crippen LogP contribution in [0.15, 0.2) is 24.5 Å². The lowest BCUT2D eigenvalue weighted by Crippen LogP contribution is -2.18. The Bertz CT molecular complexity index is 645. The molecular weight excluding hydrogens is 240 g/mol. The third-order valence-electron chi connectivity index (χ3n) is 3.53. The second-order valence-corrected chi connectivity index (χ2v) is 4.78. The number of carbonyl (C=O) groups excluding carboxylic acids is 1. The minimum absolute atomic E-state index is 0.0840. The van der Waals surface area contributed by atoms with Gasteiger partial charge in [-0.05, 0) is 24.1 Å². The first-order valence-corrected chi connectivity index (χ1v) is 6.32. The van der Waals surface area contributed by atoms with E-state index in [2.05, 4.69) is 16.4 Å². The van der Waals surface area contributed by atoms with E-state index >= 15 is 0 Å². The Labute approximate surface area is 111 Å². The molecule has 0 saturated heterocycles. The fourth-order valence-corrected chi connectivity index (χ4v) is 2.47. The minimum atomic E-state index is 0.0840. The van der Waals surface area contributed by atoms with Crippen LogP contribution in [0.2, 0.25) is 0 Å². The SMILES string of the molecule is Cn1cnc(-c2ccc3c(c2)CCC(=O)N3)c1CN. The molecule has 0 fully saturated rings. The number of amides is 1. The van der Waals surface area contributed by atoms with E-state index in [1.165, 1.54) is 0 Å². The number of aryl methyl sites for hydroxylation is 2. The first-order valence-electron chi connectivity index (χ1n) is 6.32. The minimum Gasteiger partial charge on any atom is -0.336 e. The molecule has 0 spiro atoms. The van der Waals surface area contributed by atoms with Crippen LogP contribution in [0.4, 0.5) is 5.69 Å². The van der Waals surface area contributed by atoms with Crippen LogP contribution >= 0.6 is 0 Å². The quantitative estimate of drug-likeness (QED) is 0.853. The normalized spacial score (nSPS) is 14.1. The predicted molar refractivity (Wildman–Crippen MR) is 73.5 cm³/mol. The Balaban J connectivity index is 2.04. The molecular formula is C14H16N4O. The van der Waals surface area contributed by atoms with Crippen molar-refractivity contribution in [2.24, 2.45) is 12.8 Å². The maximum Gasteiger partial charge on any atom is 0.224 e. The molecule has 2 aromatic rings. The average Bonchev–Trinajstić information content (AvgIpc) is 2.79. The van der Waals surface area contributed by atoms with Crippen LogP contribution < -0.4 is 11.1 Å². The van der Waals surface area contributed by atoms with E-state index in [0.29, 0.717) is 13.0 Å². The molecule has 2 heterocycles. The third kappa shape index (κ3) is 2.02. The van der Waals surface area contributed by atoms with Gasteiger partial charge >= 0.3 is 0 Å². The van der Waals surface area contributed by atoms with Gasteiger partial charge in [0.2, 0.25) is 5.91 Å². The number of hydrogen-bond acceptors (Lipinski definition) is 3. The molecule has 0 bridgehead atoms. The van der Waals surface area contributed by atoms with Crippen molar-refractivity contribution in [1.82, 2.24) is 9.55 Å². The van der Waals surface area contributed by atoms with Crippen molar-refractivity contribution in [3.63, 3.8) is 0 Å². The molecule has 3 N–H and O–H groups in total. The molecule has 1 aliphatic heterocycles. The van der Waals surface area contributed by atoms with Crippen molar-refractivity contribution < 1.29 is 4.79 Å². The standard InChI is InChI=1S/C14H16N4O/c1-18-8-16-14(12(18)7-15)10-2-4-11-9(6-10)3-5-13(19)17-11/h2,4,6,8H,3,5,7,15H2,1H3,(H,17,19). The average molecular weight is 256 g/mol. The smallest absolute Gasteiger partial charge is 0.224 e. The number of nitrogens with zero attached hydrogens (tertiary/aromatic N) is 2. The lowest BCUT2D eigenvalue weighted by Gasteiger charge is -2.17. The second-order valence-electron chi connectivity index (χ2n) is 4.78. The lowest BCUT2D eigenvalue weighted by molar-refractivity contribution is -0.116. The molecule has 1 aliphatic rings. The van der Waals surface area contributed by atoms with Crippen molar-refractivity contribution in [3.05, 3.63) is 35.8 Å². The molecule has 1 aromatic heterocycles. The molecule has 5 nitrogen and oxygen atoms in total. The van der Waals surface area contributed by atoms with E-state index in [1.54, 1.807) is 6.33 Å². The number of carbonyl (C=O) groups is 1. The summed E-state index contributed by atoms with van der Waals surface area (Å²) in [6.45, 7) is 0.458. The number of hydrogen-bond donors (Lipinski definition) is 2. The summed E-state index contributed by atoms with van der Waals surface area (Å²) < 4.78 is 1.94. The van der Waals surface area contributed by atoms with E-state index < -0.39 is 0 Å². The Hall–Kier alpha value is -2.14. The zero-order chi connectivity index (χ0) is 13.4. The van der Waals surface area contributed by atoms with Gasteiger partial charge in [-0.1, -0.05) is 6.07 Å². The molecule has 1 aromatic carbocycles. The molecule has 5 heteroatoms. The molecule has 0 radical (unpaired) electrons. The van der Waals surface area contributed by atoms with Gasteiger partial charge in [0.15, 0.2) is 0 Å². The number of nitrogens with one attached hydrogen (secondary N) is 1. The number of anilines is 1. The van der Waals surface area contributed by atoms with E-state index in [1.807, 2.05) is 23.7 Å². The summed E-state index contributed by atoms with van der Waals surface area (Å²) >= 11 is 0. The third-order valence-corrected chi connectivity index (χ3v) is 3.53. The lowest BCUT2D eigenvalue weighted by atomic mass is 9.98. The van der Waals surface area contributed by atoms with Crippen LogP contribution in [0.25, 0.3) is 11.3 Å². The van der Waals surface area contributed by atoms with Crippen molar-refractivity contribution in [2.75, 3.05) is 5.32 Å². The molecule has 0 unspecified atom stereocenters. The number of aromatic nitrogens is 2. The summed E-state index contributed by atoms with van der Waals surface area (Å²) in [7, 11) is 1.94. The second kappa shape index (κ2) is 4.51. The van der Waals surface area contributed by atoms with Gasteiger partial charge in [-0.15, -0.1) is 0 Å².